The highest BCUT2D eigenvalue weighted by atomic mass is 15.2. The van der Waals surface area contributed by atoms with Crippen molar-refractivity contribution in [3.63, 3.8) is 0 Å². The van der Waals surface area contributed by atoms with Crippen molar-refractivity contribution in [3.05, 3.63) is 12.2 Å². The Morgan fingerprint density at radius 3 is 3.00 bits per heavy atom. The number of H-pyrrole nitrogens is 1. The summed E-state index contributed by atoms with van der Waals surface area (Å²) >= 11 is 0. The minimum atomic E-state index is 0. The van der Waals surface area contributed by atoms with Crippen molar-refractivity contribution in [1.82, 2.24) is 15.2 Å². The normalized spacial score (nSPS) is 19.6. The molecule has 0 atom stereocenters. The van der Waals surface area contributed by atoms with E-state index in [1.165, 1.54) is 19.3 Å². The van der Waals surface area contributed by atoms with Crippen LogP contribution in [0.3, 0.4) is 0 Å². The van der Waals surface area contributed by atoms with Gasteiger partial charge in [-0.2, -0.15) is 5.10 Å². The van der Waals surface area contributed by atoms with Crippen molar-refractivity contribution in [2.45, 2.75) is 25.2 Å². The van der Waals surface area contributed by atoms with Gasteiger partial charge < -0.3 is 0 Å². The van der Waals surface area contributed by atoms with Crippen LogP contribution in [0.15, 0.2) is 6.33 Å². The van der Waals surface area contributed by atoms with Crippen LogP contribution in [0.5, 0.6) is 0 Å². The summed E-state index contributed by atoms with van der Waals surface area (Å²) in [6, 6.07) is 0. The van der Waals surface area contributed by atoms with Crippen LogP contribution < -0.4 is 0 Å². The Morgan fingerprint density at radius 2 is 2.56 bits per heavy atom. The van der Waals surface area contributed by atoms with E-state index in [1.807, 2.05) is 0 Å². The van der Waals surface area contributed by atoms with Gasteiger partial charge in [-0.1, -0.05) is 6.42 Å². The van der Waals surface area contributed by atoms with E-state index in [1.54, 1.807) is 6.33 Å². The van der Waals surface area contributed by atoms with Crippen molar-refractivity contribution in [1.29, 1.82) is 0 Å². The van der Waals surface area contributed by atoms with Gasteiger partial charge in [0.15, 0.2) is 0 Å². The van der Waals surface area contributed by atoms with Crippen molar-refractivity contribution in [2.24, 2.45) is 0 Å². The standard InChI is InChI=1S/C6H9N3.H2/c1-2-5(3-1)6-7-4-8-9-6;/h4-5H,1-3H2,(H,7,8,9);1H. The summed E-state index contributed by atoms with van der Waals surface area (Å²) in [6.07, 6.45) is 5.50. The second-order valence-corrected chi connectivity index (χ2v) is 2.50. The zero-order valence-electron chi connectivity index (χ0n) is 5.17. The van der Waals surface area contributed by atoms with E-state index in [2.05, 4.69) is 15.2 Å². The van der Waals surface area contributed by atoms with Crippen molar-refractivity contribution < 1.29 is 1.43 Å². The van der Waals surface area contributed by atoms with Crippen molar-refractivity contribution in [2.75, 3.05) is 0 Å². The molecule has 3 heteroatoms. The molecule has 1 saturated carbocycles. The predicted octanol–water partition coefficient (Wildman–Crippen LogP) is 1.32. The van der Waals surface area contributed by atoms with Crippen molar-refractivity contribution >= 4 is 0 Å². The molecule has 0 amide bonds. The smallest absolute Gasteiger partial charge is 0.137 e. The third-order valence-corrected chi connectivity index (χ3v) is 1.93. The summed E-state index contributed by atoms with van der Waals surface area (Å²) in [6.45, 7) is 0. The topological polar surface area (TPSA) is 41.6 Å². The lowest BCUT2D eigenvalue weighted by Crippen LogP contribution is -2.10. The molecule has 50 valence electrons. The molecule has 0 bridgehead atoms. The number of rotatable bonds is 1. The summed E-state index contributed by atoms with van der Waals surface area (Å²) in [7, 11) is 0. The zero-order valence-corrected chi connectivity index (χ0v) is 5.17. The molecule has 0 aromatic carbocycles. The molecular formula is C6H11N3. The summed E-state index contributed by atoms with van der Waals surface area (Å²) < 4.78 is 0. The lowest BCUT2D eigenvalue weighted by molar-refractivity contribution is 0.402. The van der Waals surface area contributed by atoms with Gasteiger partial charge in [-0.05, 0) is 12.8 Å². The van der Waals surface area contributed by atoms with Crippen LogP contribution in [-0.4, -0.2) is 15.2 Å². The minimum absolute atomic E-state index is 0. The van der Waals surface area contributed by atoms with E-state index in [-0.39, 0.29) is 1.43 Å². The number of aromatic amines is 1. The van der Waals surface area contributed by atoms with Gasteiger partial charge in [-0.15, -0.1) is 0 Å². The Morgan fingerprint density at radius 1 is 1.67 bits per heavy atom. The van der Waals surface area contributed by atoms with Crippen LogP contribution >= 0.6 is 0 Å². The van der Waals surface area contributed by atoms with Crippen molar-refractivity contribution in [3.8, 4) is 0 Å². The molecule has 0 saturated heterocycles. The number of nitrogens with one attached hydrogen (secondary N) is 1. The second-order valence-electron chi connectivity index (χ2n) is 2.50. The van der Waals surface area contributed by atoms with Gasteiger partial charge in [-0.25, -0.2) is 4.98 Å². The molecule has 1 aliphatic rings. The van der Waals surface area contributed by atoms with Gasteiger partial charge in [0.25, 0.3) is 0 Å². The second kappa shape index (κ2) is 1.83. The van der Waals surface area contributed by atoms with E-state index < -0.39 is 0 Å². The SMILES string of the molecule is [HH].c1n[nH]c(C2CCC2)n1. The minimum Gasteiger partial charge on any atom is -0.263 e. The fourth-order valence-electron chi connectivity index (χ4n) is 1.09. The molecular weight excluding hydrogens is 114 g/mol. The van der Waals surface area contributed by atoms with E-state index in [0.717, 1.165) is 5.82 Å². The molecule has 1 aliphatic carbocycles. The molecule has 2 rings (SSSR count). The summed E-state index contributed by atoms with van der Waals surface area (Å²) in [5.41, 5.74) is 0. The van der Waals surface area contributed by atoms with Gasteiger partial charge in [0, 0.05) is 7.34 Å². The fraction of sp³-hybridized carbons (Fsp3) is 0.667. The maximum Gasteiger partial charge on any atom is 0.137 e. The highest BCUT2D eigenvalue weighted by molar-refractivity contribution is 4.97. The highest BCUT2D eigenvalue weighted by Gasteiger charge is 2.21. The Bertz CT molecular complexity index is 181. The lowest BCUT2D eigenvalue weighted by Gasteiger charge is -2.21. The third kappa shape index (κ3) is 0.724. The third-order valence-electron chi connectivity index (χ3n) is 1.93. The highest BCUT2D eigenvalue weighted by Crippen LogP contribution is 2.33. The van der Waals surface area contributed by atoms with Gasteiger partial charge in [0.1, 0.15) is 12.2 Å². The molecule has 1 fully saturated rings. The Balaban J connectivity index is 0.000000500. The number of nitrogens with zero attached hydrogens (tertiary/aromatic N) is 2. The Hall–Kier alpha value is -0.860. The summed E-state index contributed by atoms with van der Waals surface area (Å²) in [4.78, 5) is 4.07. The molecule has 0 spiro atoms. The predicted molar refractivity (Wildman–Crippen MR) is 35.1 cm³/mol. The van der Waals surface area contributed by atoms with Crippen LogP contribution in [0.2, 0.25) is 0 Å². The molecule has 1 N–H and O–H groups in total. The molecule has 9 heavy (non-hydrogen) atoms. The summed E-state index contributed by atoms with van der Waals surface area (Å²) in [5, 5.41) is 6.67. The molecule has 0 aliphatic heterocycles. The van der Waals surface area contributed by atoms with E-state index in [9.17, 15) is 0 Å². The average molecular weight is 125 g/mol. The van der Waals surface area contributed by atoms with E-state index >= 15 is 0 Å². The van der Waals surface area contributed by atoms with Crippen LogP contribution in [0.1, 0.15) is 32.4 Å². The Labute approximate surface area is 55.0 Å². The van der Waals surface area contributed by atoms with Crippen LogP contribution in [0.4, 0.5) is 0 Å². The maximum atomic E-state index is 4.07. The number of hydrogen-bond acceptors (Lipinski definition) is 2. The first-order valence-corrected chi connectivity index (χ1v) is 3.32. The molecule has 1 aromatic rings. The Kier molecular flexibility index (Phi) is 1.01. The van der Waals surface area contributed by atoms with Crippen LogP contribution in [0.25, 0.3) is 0 Å². The first kappa shape index (κ1) is 4.97. The average Bonchev–Trinajstić information content (AvgIpc) is 2.11. The first-order chi connectivity index (χ1) is 4.47. The van der Waals surface area contributed by atoms with Gasteiger partial charge in [0.05, 0.1) is 0 Å². The molecule has 1 heterocycles. The van der Waals surface area contributed by atoms with Gasteiger partial charge in [-0.3, -0.25) is 5.10 Å². The van der Waals surface area contributed by atoms with E-state index in [4.69, 9.17) is 0 Å². The molecule has 0 radical (unpaired) electrons. The fourth-order valence-corrected chi connectivity index (χ4v) is 1.09. The lowest BCUT2D eigenvalue weighted by atomic mass is 9.85. The quantitative estimate of drug-likeness (QED) is 0.615. The molecule has 3 nitrogen and oxygen atoms in total. The van der Waals surface area contributed by atoms with Crippen LogP contribution in [0, 0.1) is 0 Å². The van der Waals surface area contributed by atoms with Gasteiger partial charge in [0.2, 0.25) is 0 Å². The zero-order chi connectivity index (χ0) is 6.10. The number of hydrogen-bond donors (Lipinski definition) is 1. The maximum absolute atomic E-state index is 4.07. The first-order valence-electron chi connectivity index (χ1n) is 3.32. The number of aromatic nitrogens is 3. The largest absolute Gasteiger partial charge is 0.263 e. The van der Waals surface area contributed by atoms with Gasteiger partial charge >= 0.3 is 0 Å². The molecule has 1 aromatic heterocycles. The van der Waals surface area contributed by atoms with E-state index in [0.29, 0.717) is 5.92 Å². The molecule has 0 unspecified atom stereocenters. The summed E-state index contributed by atoms with van der Waals surface area (Å²) in [5.74, 6) is 1.76. The monoisotopic (exact) mass is 125 g/mol. The van der Waals surface area contributed by atoms with Crippen LogP contribution in [-0.2, 0) is 0 Å².